The number of anilines is 1. The molecule has 2 rings (SSSR count). The smallest absolute Gasteiger partial charge is 0.316 e. The zero-order chi connectivity index (χ0) is 15.2. The Labute approximate surface area is 136 Å². The average molecular weight is 327 g/mol. The first-order valence-corrected chi connectivity index (χ1v) is 7.23. The van der Waals surface area contributed by atoms with Crippen LogP contribution in [0.4, 0.5) is 10.5 Å². The number of halogens is 1. The van der Waals surface area contributed by atoms with Gasteiger partial charge in [0.05, 0.1) is 0 Å². The standard InChI is InChI=1S/C15H22N4O2.ClH/c16-8-11-2-1-3-13(11)14(20)18-9-10-4-6-12(7-5-10)19-15(17)21;/h4-7,11,13H,1-3,8-9,16H2,(H,18,20)(H3,17,19,21);1H/t11-,13-;/m1./s1. The van der Waals surface area contributed by atoms with Gasteiger partial charge in [-0.2, -0.15) is 0 Å². The van der Waals surface area contributed by atoms with Crippen molar-refractivity contribution < 1.29 is 9.59 Å². The van der Waals surface area contributed by atoms with E-state index in [9.17, 15) is 9.59 Å². The highest BCUT2D eigenvalue weighted by molar-refractivity contribution is 5.87. The summed E-state index contributed by atoms with van der Waals surface area (Å²) in [5, 5.41) is 5.45. The Hall–Kier alpha value is -1.79. The third-order valence-electron chi connectivity index (χ3n) is 3.99. The number of hydrogen-bond donors (Lipinski definition) is 4. The van der Waals surface area contributed by atoms with Crippen LogP contribution in [0.15, 0.2) is 24.3 Å². The van der Waals surface area contributed by atoms with Crippen molar-refractivity contribution in [3.05, 3.63) is 29.8 Å². The van der Waals surface area contributed by atoms with E-state index in [1.807, 2.05) is 12.1 Å². The van der Waals surface area contributed by atoms with Crippen LogP contribution in [-0.4, -0.2) is 18.5 Å². The van der Waals surface area contributed by atoms with Crippen LogP contribution in [0.1, 0.15) is 24.8 Å². The zero-order valence-electron chi connectivity index (χ0n) is 12.4. The summed E-state index contributed by atoms with van der Waals surface area (Å²) in [6, 6.07) is 6.61. The molecule has 0 bridgehead atoms. The van der Waals surface area contributed by atoms with E-state index in [0.717, 1.165) is 24.8 Å². The fourth-order valence-corrected chi connectivity index (χ4v) is 2.83. The molecule has 0 aromatic heterocycles. The van der Waals surface area contributed by atoms with Crippen LogP contribution < -0.4 is 22.1 Å². The Kier molecular flexibility index (Phi) is 7.14. The van der Waals surface area contributed by atoms with Crippen LogP contribution >= 0.6 is 12.4 Å². The summed E-state index contributed by atoms with van der Waals surface area (Å²) in [7, 11) is 0. The Morgan fingerprint density at radius 2 is 1.86 bits per heavy atom. The monoisotopic (exact) mass is 326 g/mol. The summed E-state index contributed by atoms with van der Waals surface area (Å²) in [6.07, 6.45) is 3.05. The number of nitrogens with two attached hydrogens (primary N) is 2. The van der Waals surface area contributed by atoms with Crippen molar-refractivity contribution in [2.24, 2.45) is 23.3 Å². The minimum absolute atomic E-state index is 0. The topological polar surface area (TPSA) is 110 Å². The summed E-state index contributed by atoms with van der Waals surface area (Å²) in [5.41, 5.74) is 12.3. The van der Waals surface area contributed by atoms with Crippen molar-refractivity contribution in [3.63, 3.8) is 0 Å². The molecule has 1 aliphatic rings. The molecule has 6 N–H and O–H groups in total. The minimum atomic E-state index is -0.592. The number of benzene rings is 1. The van der Waals surface area contributed by atoms with Gasteiger partial charge in [-0.05, 0) is 43.0 Å². The lowest BCUT2D eigenvalue weighted by molar-refractivity contribution is -0.126. The fraction of sp³-hybridized carbons (Fsp3) is 0.467. The number of primary amides is 1. The molecule has 0 aliphatic heterocycles. The van der Waals surface area contributed by atoms with Gasteiger partial charge in [-0.25, -0.2) is 4.79 Å². The van der Waals surface area contributed by atoms with Crippen LogP contribution in [0, 0.1) is 11.8 Å². The lowest BCUT2D eigenvalue weighted by Gasteiger charge is -2.17. The number of carbonyl (C=O) groups excluding carboxylic acids is 2. The molecule has 1 saturated carbocycles. The molecule has 3 amide bonds. The summed E-state index contributed by atoms with van der Waals surface area (Å²) < 4.78 is 0. The van der Waals surface area contributed by atoms with Gasteiger partial charge in [0.15, 0.2) is 0 Å². The molecule has 1 aromatic rings. The fourth-order valence-electron chi connectivity index (χ4n) is 2.83. The minimum Gasteiger partial charge on any atom is -0.352 e. The Morgan fingerprint density at radius 1 is 1.18 bits per heavy atom. The Balaban J connectivity index is 0.00000242. The normalized spacial score (nSPS) is 20.0. The van der Waals surface area contributed by atoms with Gasteiger partial charge in [0.1, 0.15) is 0 Å². The molecule has 1 fully saturated rings. The van der Waals surface area contributed by atoms with Crippen LogP contribution in [0.3, 0.4) is 0 Å². The van der Waals surface area contributed by atoms with Crippen molar-refractivity contribution >= 4 is 30.0 Å². The van der Waals surface area contributed by atoms with Gasteiger partial charge in [-0.15, -0.1) is 12.4 Å². The van der Waals surface area contributed by atoms with Gasteiger partial charge in [-0.3, -0.25) is 4.79 Å². The van der Waals surface area contributed by atoms with E-state index >= 15 is 0 Å². The Morgan fingerprint density at radius 3 is 2.45 bits per heavy atom. The van der Waals surface area contributed by atoms with E-state index < -0.39 is 6.03 Å². The first-order valence-electron chi connectivity index (χ1n) is 7.23. The maximum atomic E-state index is 12.2. The van der Waals surface area contributed by atoms with Crippen LogP contribution in [0.2, 0.25) is 0 Å². The van der Waals surface area contributed by atoms with Crippen molar-refractivity contribution in [2.75, 3.05) is 11.9 Å². The highest BCUT2D eigenvalue weighted by atomic mass is 35.5. The molecular formula is C15H23ClN4O2. The number of carbonyl (C=O) groups is 2. The first kappa shape index (κ1) is 18.3. The number of amides is 3. The van der Waals surface area contributed by atoms with Gasteiger partial charge in [0.25, 0.3) is 0 Å². The number of hydrogen-bond acceptors (Lipinski definition) is 3. The molecule has 0 spiro atoms. The maximum Gasteiger partial charge on any atom is 0.316 e. The van der Waals surface area contributed by atoms with Crippen molar-refractivity contribution in [1.29, 1.82) is 0 Å². The van der Waals surface area contributed by atoms with Crippen LogP contribution in [0.5, 0.6) is 0 Å². The van der Waals surface area contributed by atoms with Gasteiger partial charge < -0.3 is 22.1 Å². The van der Waals surface area contributed by atoms with E-state index in [4.69, 9.17) is 11.5 Å². The van der Waals surface area contributed by atoms with E-state index in [1.54, 1.807) is 12.1 Å². The van der Waals surface area contributed by atoms with E-state index in [2.05, 4.69) is 10.6 Å². The molecule has 0 heterocycles. The van der Waals surface area contributed by atoms with Crippen molar-refractivity contribution in [2.45, 2.75) is 25.8 Å². The lowest BCUT2D eigenvalue weighted by atomic mass is 9.95. The predicted molar refractivity (Wildman–Crippen MR) is 88.6 cm³/mol. The molecule has 0 unspecified atom stereocenters. The van der Waals surface area contributed by atoms with Crippen LogP contribution in [0.25, 0.3) is 0 Å². The summed E-state index contributed by atoms with van der Waals surface area (Å²) in [6.45, 7) is 1.05. The second kappa shape index (κ2) is 8.60. The second-order valence-corrected chi connectivity index (χ2v) is 5.44. The second-order valence-electron chi connectivity index (χ2n) is 5.44. The summed E-state index contributed by atoms with van der Waals surface area (Å²) in [4.78, 5) is 22.9. The SMILES string of the molecule is Cl.NC[C@H]1CCC[C@H]1C(=O)NCc1ccc(NC(N)=O)cc1. The highest BCUT2D eigenvalue weighted by Gasteiger charge is 2.31. The summed E-state index contributed by atoms with van der Waals surface area (Å²) in [5.74, 6) is 0.445. The number of urea groups is 1. The van der Waals surface area contributed by atoms with Gasteiger partial charge >= 0.3 is 6.03 Å². The molecule has 7 heteroatoms. The lowest BCUT2D eigenvalue weighted by Crippen LogP contribution is -2.34. The molecule has 1 aliphatic carbocycles. The number of rotatable bonds is 5. The van der Waals surface area contributed by atoms with E-state index in [1.165, 1.54) is 0 Å². The molecule has 6 nitrogen and oxygen atoms in total. The zero-order valence-corrected chi connectivity index (χ0v) is 13.2. The molecular weight excluding hydrogens is 304 g/mol. The molecule has 0 saturated heterocycles. The molecule has 2 atom stereocenters. The van der Waals surface area contributed by atoms with Crippen molar-refractivity contribution in [1.82, 2.24) is 5.32 Å². The first-order chi connectivity index (χ1) is 10.1. The number of nitrogens with one attached hydrogen (secondary N) is 2. The van der Waals surface area contributed by atoms with Crippen LogP contribution in [-0.2, 0) is 11.3 Å². The highest BCUT2D eigenvalue weighted by Crippen LogP contribution is 2.30. The molecule has 122 valence electrons. The average Bonchev–Trinajstić information content (AvgIpc) is 2.94. The molecule has 1 aromatic carbocycles. The van der Waals surface area contributed by atoms with Crippen molar-refractivity contribution in [3.8, 4) is 0 Å². The third kappa shape index (κ3) is 4.89. The van der Waals surface area contributed by atoms with Gasteiger partial charge in [0.2, 0.25) is 5.91 Å². The van der Waals surface area contributed by atoms with Gasteiger partial charge in [0, 0.05) is 18.2 Å². The van der Waals surface area contributed by atoms with E-state index in [-0.39, 0.29) is 24.2 Å². The third-order valence-corrected chi connectivity index (χ3v) is 3.99. The largest absolute Gasteiger partial charge is 0.352 e. The quantitative estimate of drug-likeness (QED) is 0.659. The maximum absolute atomic E-state index is 12.2. The Bertz CT molecular complexity index is 507. The van der Waals surface area contributed by atoms with Gasteiger partial charge in [-0.1, -0.05) is 18.6 Å². The molecule has 0 radical (unpaired) electrons. The predicted octanol–water partition coefficient (Wildman–Crippen LogP) is 1.59. The van der Waals surface area contributed by atoms with E-state index in [0.29, 0.717) is 24.7 Å². The molecule has 22 heavy (non-hydrogen) atoms. The summed E-state index contributed by atoms with van der Waals surface area (Å²) >= 11 is 0.